The number of hydrogen-bond donors (Lipinski definition) is 1. The molecule has 27 heavy (non-hydrogen) atoms. The average molecular weight is 363 g/mol. The van der Waals surface area contributed by atoms with Crippen LogP contribution >= 0.6 is 0 Å². The van der Waals surface area contributed by atoms with E-state index in [0.717, 1.165) is 28.5 Å². The molecule has 4 heteroatoms. The largest absolute Gasteiger partial charge is 0.493 e. The van der Waals surface area contributed by atoms with Crippen LogP contribution in [0.2, 0.25) is 0 Å². The van der Waals surface area contributed by atoms with Crippen molar-refractivity contribution in [1.82, 2.24) is 0 Å². The molecular weight excluding hydrogens is 338 g/mol. The van der Waals surface area contributed by atoms with Gasteiger partial charge in [-0.2, -0.15) is 0 Å². The molecular formula is C23H25NO3. The van der Waals surface area contributed by atoms with Crippen molar-refractivity contribution in [3.63, 3.8) is 0 Å². The molecule has 4 nitrogen and oxygen atoms in total. The quantitative estimate of drug-likeness (QED) is 0.570. The van der Waals surface area contributed by atoms with Gasteiger partial charge in [0.2, 0.25) is 0 Å². The fourth-order valence-electron chi connectivity index (χ4n) is 2.65. The van der Waals surface area contributed by atoms with Gasteiger partial charge in [0.25, 0.3) is 0 Å². The van der Waals surface area contributed by atoms with Gasteiger partial charge in [0.15, 0.2) is 11.5 Å². The van der Waals surface area contributed by atoms with Gasteiger partial charge in [-0.3, -0.25) is 0 Å². The Hall–Kier alpha value is -3.14. The van der Waals surface area contributed by atoms with E-state index >= 15 is 0 Å². The van der Waals surface area contributed by atoms with Gasteiger partial charge in [-0.05, 0) is 48.9 Å². The molecule has 0 fully saturated rings. The Morgan fingerprint density at radius 1 is 0.815 bits per heavy atom. The second-order valence-electron chi connectivity index (χ2n) is 6.26. The van der Waals surface area contributed by atoms with Crippen molar-refractivity contribution in [2.45, 2.75) is 19.6 Å². The van der Waals surface area contributed by atoms with Crippen molar-refractivity contribution < 1.29 is 14.2 Å². The summed E-state index contributed by atoms with van der Waals surface area (Å²) in [5, 5.41) is 3.38. The Morgan fingerprint density at radius 2 is 1.48 bits per heavy atom. The molecule has 0 saturated heterocycles. The fourth-order valence-corrected chi connectivity index (χ4v) is 2.65. The van der Waals surface area contributed by atoms with E-state index in [-0.39, 0.29) is 6.10 Å². The van der Waals surface area contributed by atoms with E-state index in [1.54, 1.807) is 7.11 Å². The molecule has 1 N–H and O–H groups in total. The van der Waals surface area contributed by atoms with Crippen molar-refractivity contribution in [2.75, 3.05) is 19.0 Å². The lowest BCUT2D eigenvalue weighted by Gasteiger charge is -2.18. The third-order valence-corrected chi connectivity index (χ3v) is 4.09. The van der Waals surface area contributed by atoms with E-state index < -0.39 is 0 Å². The first kappa shape index (κ1) is 18.6. The highest BCUT2D eigenvalue weighted by Crippen LogP contribution is 2.27. The maximum atomic E-state index is 5.96. The van der Waals surface area contributed by atoms with Crippen LogP contribution in [0.5, 0.6) is 17.2 Å². The third kappa shape index (κ3) is 5.68. The number of benzene rings is 3. The zero-order chi connectivity index (χ0) is 18.9. The van der Waals surface area contributed by atoms with Crippen LogP contribution in [-0.2, 0) is 6.61 Å². The summed E-state index contributed by atoms with van der Waals surface area (Å²) >= 11 is 0. The summed E-state index contributed by atoms with van der Waals surface area (Å²) in [5.74, 6) is 2.34. The predicted molar refractivity (Wildman–Crippen MR) is 109 cm³/mol. The zero-order valence-corrected chi connectivity index (χ0v) is 15.7. The lowest BCUT2D eigenvalue weighted by Crippen LogP contribution is -2.22. The van der Waals surface area contributed by atoms with Gasteiger partial charge in [-0.25, -0.2) is 0 Å². The monoisotopic (exact) mass is 363 g/mol. The Bertz CT molecular complexity index is 819. The van der Waals surface area contributed by atoms with Crippen molar-refractivity contribution in [2.24, 2.45) is 0 Å². The van der Waals surface area contributed by atoms with Gasteiger partial charge < -0.3 is 19.5 Å². The van der Waals surface area contributed by atoms with E-state index in [0.29, 0.717) is 13.2 Å². The zero-order valence-electron chi connectivity index (χ0n) is 15.7. The van der Waals surface area contributed by atoms with E-state index in [4.69, 9.17) is 14.2 Å². The van der Waals surface area contributed by atoms with Gasteiger partial charge in [-0.1, -0.05) is 42.5 Å². The molecule has 0 aliphatic heterocycles. The molecule has 0 aromatic heterocycles. The van der Waals surface area contributed by atoms with Crippen molar-refractivity contribution in [3.05, 3.63) is 84.4 Å². The first-order chi connectivity index (χ1) is 13.2. The predicted octanol–water partition coefficient (Wildman–Crippen LogP) is 5.15. The topological polar surface area (TPSA) is 39.7 Å². The Morgan fingerprint density at radius 3 is 2.19 bits per heavy atom. The number of methoxy groups -OCH3 is 1. The highest BCUT2D eigenvalue weighted by Gasteiger charge is 2.08. The van der Waals surface area contributed by atoms with Crippen molar-refractivity contribution in [3.8, 4) is 17.2 Å². The Labute approximate surface area is 160 Å². The minimum atomic E-state index is -0.00435. The number of rotatable bonds is 9. The summed E-state index contributed by atoms with van der Waals surface area (Å²) in [6.45, 7) is 3.27. The van der Waals surface area contributed by atoms with Crippen LogP contribution in [0.4, 0.5) is 5.69 Å². The van der Waals surface area contributed by atoms with Crippen LogP contribution in [-0.4, -0.2) is 19.8 Å². The first-order valence-corrected chi connectivity index (χ1v) is 9.05. The number of nitrogens with one attached hydrogen (secondary N) is 1. The molecule has 0 aliphatic carbocycles. The summed E-state index contributed by atoms with van der Waals surface area (Å²) < 4.78 is 17.1. The molecule has 0 bridgehead atoms. The Kier molecular flexibility index (Phi) is 6.58. The average Bonchev–Trinajstić information content (AvgIpc) is 2.72. The molecule has 0 heterocycles. The van der Waals surface area contributed by atoms with Crippen molar-refractivity contribution in [1.29, 1.82) is 0 Å². The minimum absolute atomic E-state index is 0.00435. The molecule has 0 amide bonds. The van der Waals surface area contributed by atoms with Gasteiger partial charge in [0.1, 0.15) is 18.5 Å². The number of para-hydroxylation sites is 2. The number of hydrogen-bond acceptors (Lipinski definition) is 4. The van der Waals surface area contributed by atoms with E-state index in [1.165, 1.54) is 0 Å². The number of anilines is 1. The van der Waals surface area contributed by atoms with Gasteiger partial charge >= 0.3 is 0 Å². The van der Waals surface area contributed by atoms with E-state index in [2.05, 4.69) is 17.4 Å². The molecule has 140 valence electrons. The maximum absolute atomic E-state index is 5.96. The van der Waals surface area contributed by atoms with Crippen LogP contribution in [0.15, 0.2) is 78.9 Å². The SMILES string of the molecule is COc1ccccc1OC(C)CNc1ccc(OCc2ccccc2)cc1. The maximum Gasteiger partial charge on any atom is 0.161 e. The van der Waals surface area contributed by atoms with Crippen LogP contribution in [0.3, 0.4) is 0 Å². The highest BCUT2D eigenvalue weighted by molar-refractivity contribution is 5.46. The van der Waals surface area contributed by atoms with Gasteiger partial charge in [0.05, 0.1) is 13.7 Å². The van der Waals surface area contributed by atoms with Crippen LogP contribution in [0.25, 0.3) is 0 Å². The summed E-state index contributed by atoms with van der Waals surface area (Å²) in [4.78, 5) is 0. The summed E-state index contributed by atoms with van der Waals surface area (Å²) in [6.07, 6.45) is -0.00435. The molecule has 3 aromatic rings. The normalized spacial score (nSPS) is 11.5. The van der Waals surface area contributed by atoms with E-state index in [9.17, 15) is 0 Å². The molecule has 3 rings (SSSR count). The van der Waals surface area contributed by atoms with Gasteiger partial charge in [0, 0.05) is 5.69 Å². The van der Waals surface area contributed by atoms with Crippen molar-refractivity contribution >= 4 is 5.69 Å². The lowest BCUT2D eigenvalue weighted by molar-refractivity contribution is 0.223. The fraction of sp³-hybridized carbons (Fsp3) is 0.217. The molecule has 0 radical (unpaired) electrons. The molecule has 0 saturated carbocycles. The van der Waals surface area contributed by atoms with Crippen LogP contribution in [0, 0.1) is 0 Å². The molecule has 0 spiro atoms. The van der Waals surface area contributed by atoms with Crippen LogP contribution in [0.1, 0.15) is 12.5 Å². The summed E-state index contributed by atoms with van der Waals surface area (Å²) in [6, 6.07) is 25.8. The third-order valence-electron chi connectivity index (χ3n) is 4.09. The summed E-state index contributed by atoms with van der Waals surface area (Å²) in [7, 11) is 1.65. The van der Waals surface area contributed by atoms with Crippen LogP contribution < -0.4 is 19.5 Å². The molecule has 0 aliphatic rings. The minimum Gasteiger partial charge on any atom is -0.493 e. The molecule has 3 aromatic carbocycles. The Balaban J connectivity index is 1.46. The van der Waals surface area contributed by atoms with Gasteiger partial charge in [-0.15, -0.1) is 0 Å². The molecule has 1 unspecified atom stereocenters. The summed E-state index contributed by atoms with van der Waals surface area (Å²) in [5.41, 5.74) is 2.18. The van der Waals surface area contributed by atoms with E-state index in [1.807, 2.05) is 73.7 Å². The first-order valence-electron chi connectivity index (χ1n) is 9.05. The standard InChI is InChI=1S/C23H25NO3/c1-18(27-23-11-7-6-10-22(23)25-2)16-24-20-12-14-21(15-13-20)26-17-19-8-4-3-5-9-19/h3-15,18,24H,16-17H2,1-2H3. The smallest absolute Gasteiger partial charge is 0.161 e. The highest BCUT2D eigenvalue weighted by atomic mass is 16.5. The second-order valence-corrected chi connectivity index (χ2v) is 6.26. The number of ether oxygens (including phenoxy) is 3. The molecule has 1 atom stereocenters. The second kappa shape index (κ2) is 9.53. The lowest BCUT2D eigenvalue weighted by atomic mass is 10.2.